The van der Waals surface area contributed by atoms with E-state index in [-0.39, 0.29) is 18.3 Å². The summed E-state index contributed by atoms with van der Waals surface area (Å²) in [5.41, 5.74) is 11.0. The van der Waals surface area contributed by atoms with Crippen molar-refractivity contribution in [3.05, 3.63) is 0 Å². The second kappa shape index (κ2) is 10.1. The molecule has 0 aromatic carbocycles. The third kappa shape index (κ3) is 8.31. The second-order valence-corrected chi connectivity index (χ2v) is 4.84. The zero-order valence-corrected chi connectivity index (χ0v) is 12.3. The van der Waals surface area contributed by atoms with E-state index in [9.17, 15) is 9.59 Å². The Kier molecular flexibility index (Phi) is 11.0. The number of halogens is 1. The summed E-state index contributed by atoms with van der Waals surface area (Å²) in [6, 6.07) is -1.17. The summed E-state index contributed by atoms with van der Waals surface area (Å²) in [6.45, 7) is 6.01. The van der Waals surface area contributed by atoms with E-state index in [1.165, 1.54) is 0 Å². The molecule has 0 heterocycles. The fourth-order valence-corrected chi connectivity index (χ4v) is 1.59. The van der Waals surface area contributed by atoms with Crippen molar-refractivity contribution in [2.75, 3.05) is 0 Å². The lowest BCUT2D eigenvalue weighted by molar-refractivity contribution is -0.128. The number of unbranched alkanes of at least 4 members (excludes halogenated alkanes) is 1. The molecule has 0 saturated carbocycles. The Morgan fingerprint density at radius 3 is 2.22 bits per heavy atom. The highest BCUT2D eigenvalue weighted by atomic mass is 35.5. The number of primary amides is 1. The first-order chi connectivity index (χ1) is 7.88. The molecule has 6 heteroatoms. The topological polar surface area (TPSA) is 98.2 Å². The van der Waals surface area contributed by atoms with Crippen LogP contribution in [0.3, 0.4) is 0 Å². The maximum Gasteiger partial charge on any atom is 0.240 e. The van der Waals surface area contributed by atoms with Gasteiger partial charge in [-0.05, 0) is 18.8 Å². The average molecular weight is 280 g/mol. The molecule has 0 aliphatic carbocycles. The number of nitrogens with one attached hydrogen (secondary N) is 1. The number of rotatable bonds is 8. The van der Waals surface area contributed by atoms with Gasteiger partial charge in [0, 0.05) is 0 Å². The molecule has 2 atom stereocenters. The number of amides is 2. The Morgan fingerprint density at radius 2 is 1.83 bits per heavy atom. The normalized spacial score (nSPS) is 13.6. The molecule has 2 amide bonds. The van der Waals surface area contributed by atoms with E-state index in [1.807, 2.05) is 20.8 Å². The van der Waals surface area contributed by atoms with E-state index in [0.717, 1.165) is 12.8 Å². The second-order valence-electron chi connectivity index (χ2n) is 4.84. The molecular formula is C12H26ClN3O2. The summed E-state index contributed by atoms with van der Waals surface area (Å²) in [6.07, 6.45) is 2.99. The molecule has 5 nitrogen and oxygen atoms in total. The average Bonchev–Trinajstić information content (AvgIpc) is 2.22. The molecule has 108 valence electrons. The minimum absolute atomic E-state index is 0. The number of nitrogens with two attached hydrogens (primary N) is 2. The van der Waals surface area contributed by atoms with Crippen LogP contribution in [0.5, 0.6) is 0 Å². The summed E-state index contributed by atoms with van der Waals surface area (Å²) in [7, 11) is 0. The molecule has 0 unspecified atom stereocenters. The SMILES string of the molecule is CCCC[C@H](NC(=O)[C@@H](N)CC(C)C)C(N)=O.Cl. The van der Waals surface area contributed by atoms with E-state index >= 15 is 0 Å². The van der Waals surface area contributed by atoms with Crippen molar-refractivity contribution in [2.24, 2.45) is 17.4 Å². The standard InChI is InChI=1S/C12H25N3O2.ClH/c1-4-5-6-10(11(14)16)15-12(17)9(13)7-8(2)3;/h8-10H,4-7,13H2,1-3H3,(H2,14,16)(H,15,17);1H/t9-,10-;/m0./s1. The van der Waals surface area contributed by atoms with Gasteiger partial charge in [-0.25, -0.2) is 0 Å². The van der Waals surface area contributed by atoms with E-state index < -0.39 is 18.0 Å². The van der Waals surface area contributed by atoms with Gasteiger partial charge in [-0.15, -0.1) is 12.4 Å². The summed E-state index contributed by atoms with van der Waals surface area (Å²) in [5, 5.41) is 2.62. The number of carbonyl (C=O) groups excluding carboxylic acids is 2. The van der Waals surface area contributed by atoms with Crippen LogP contribution in [0.2, 0.25) is 0 Å². The molecule has 0 aromatic rings. The van der Waals surface area contributed by atoms with Gasteiger partial charge in [0.1, 0.15) is 6.04 Å². The van der Waals surface area contributed by atoms with E-state index in [2.05, 4.69) is 5.32 Å². The van der Waals surface area contributed by atoms with Gasteiger partial charge < -0.3 is 16.8 Å². The van der Waals surface area contributed by atoms with Crippen molar-refractivity contribution >= 4 is 24.2 Å². The summed E-state index contributed by atoms with van der Waals surface area (Å²) < 4.78 is 0. The van der Waals surface area contributed by atoms with Crippen LogP contribution in [0.25, 0.3) is 0 Å². The molecule has 0 aliphatic heterocycles. The highest BCUT2D eigenvalue weighted by Gasteiger charge is 2.21. The fraction of sp³-hybridized carbons (Fsp3) is 0.833. The Balaban J connectivity index is 0. The predicted molar refractivity (Wildman–Crippen MR) is 75.3 cm³/mol. The van der Waals surface area contributed by atoms with Crippen LogP contribution in [0, 0.1) is 5.92 Å². The van der Waals surface area contributed by atoms with Crippen molar-refractivity contribution < 1.29 is 9.59 Å². The largest absolute Gasteiger partial charge is 0.368 e. The first kappa shape index (κ1) is 19.5. The summed E-state index contributed by atoms with van der Waals surface area (Å²) >= 11 is 0. The molecule has 18 heavy (non-hydrogen) atoms. The van der Waals surface area contributed by atoms with Gasteiger partial charge in [-0.2, -0.15) is 0 Å². The Morgan fingerprint density at radius 1 is 1.28 bits per heavy atom. The van der Waals surface area contributed by atoms with Gasteiger partial charge in [0.05, 0.1) is 6.04 Å². The maximum absolute atomic E-state index is 11.7. The fourth-order valence-electron chi connectivity index (χ4n) is 1.59. The molecule has 5 N–H and O–H groups in total. The van der Waals surface area contributed by atoms with Crippen LogP contribution in [-0.2, 0) is 9.59 Å². The molecular weight excluding hydrogens is 254 g/mol. The van der Waals surface area contributed by atoms with Crippen molar-refractivity contribution in [3.63, 3.8) is 0 Å². The van der Waals surface area contributed by atoms with Gasteiger partial charge in [0.25, 0.3) is 0 Å². The molecule has 0 aliphatic rings. The van der Waals surface area contributed by atoms with Crippen molar-refractivity contribution in [2.45, 2.75) is 58.5 Å². The highest BCUT2D eigenvalue weighted by molar-refractivity contribution is 5.88. The first-order valence-corrected chi connectivity index (χ1v) is 6.23. The minimum atomic E-state index is -0.597. The molecule has 0 spiro atoms. The van der Waals surface area contributed by atoms with Crippen LogP contribution in [-0.4, -0.2) is 23.9 Å². The monoisotopic (exact) mass is 279 g/mol. The molecule has 0 saturated heterocycles. The zero-order valence-electron chi connectivity index (χ0n) is 11.4. The zero-order chi connectivity index (χ0) is 13.4. The molecule has 0 radical (unpaired) electrons. The van der Waals surface area contributed by atoms with Gasteiger partial charge in [-0.1, -0.05) is 33.6 Å². The van der Waals surface area contributed by atoms with E-state index in [4.69, 9.17) is 11.5 Å². The number of hydrogen-bond acceptors (Lipinski definition) is 3. The highest BCUT2D eigenvalue weighted by Crippen LogP contribution is 2.05. The number of carbonyl (C=O) groups is 2. The number of hydrogen-bond donors (Lipinski definition) is 3. The lowest BCUT2D eigenvalue weighted by Gasteiger charge is -2.19. The minimum Gasteiger partial charge on any atom is -0.368 e. The third-order valence-electron chi connectivity index (χ3n) is 2.57. The predicted octanol–water partition coefficient (Wildman–Crippen LogP) is 0.942. The molecule has 0 bridgehead atoms. The lowest BCUT2D eigenvalue weighted by Crippen LogP contribution is -2.50. The summed E-state index contributed by atoms with van der Waals surface area (Å²) in [4.78, 5) is 22.9. The smallest absolute Gasteiger partial charge is 0.240 e. The van der Waals surface area contributed by atoms with Gasteiger partial charge in [0.2, 0.25) is 11.8 Å². The van der Waals surface area contributed by atoms with E-state index in [0.29, 0.717) is 18.8 Å². The van der Waals surface area contributed by atoms with Crippen molar-refractivity contribution in [1.82, 2.24) is 5.32 Å². The Labute approximate surface area is 115 Å². The first-order valence-electron chi connectivity index (χ1n) is 6.23. The quantitative estimate of drug-likeness (QED) is 0.617. The van der Waals surface area contributed by atoms with Crippen LogP contribution in [0.4, 0.5) is 0 Å². The van der Waals surface area contributed by atoms with Gasteiger partial charge >= 0.3 is 0 Å². The van der Waals surface area contributed by atoms with Crippen LogP contribution < -0.4 is 16.8 Å². The van der Waals surface area contributed by atoms with Gasteiger partial charge in [0.15, 0.2) is 0 Å². The van der Waals surface area contributed by atoms with Crippen LogP contribution in [0.15, 0.2) is 0 Å². The van der Waals surface area contributed by atoms with Crippen molar-refractivity contribution in [3.8, 4) is 0 Å². The Hall–Kier alpha value is -0.810. The molecule has 0 rings (SSSR count). The summed E-state index contributed by atoms with van der Waals surface area (Å²) in [5.74, 6) is -0.444. The van der Waals surface area contributed by atoms with Crippen molar-refractivity contribution in [1.29, 1.82) is 0 Å². The molecule has 0 fully saturated rings. The maximum atomic E-state index is 11.7. The van der Waals surface area contributed by atoms with E-state index in [1.54, 1.807) is 0 Å². The van der Waals surface area contributed by atoms with Gasteiger partial charge in [-0.3, -0.25) is 9.59 Å². The third-order valence-corrected chi connectivity index (χ3v) is 2.57. The lowest BCUT2D eigenvalue weighted by atomic mass is 10.0. The Bertz CT molecular complexity index is 260. The molecule has 0 aromatic heterocycles. The van der Waals surface area contributed by atoms with Crippen LogP contribution >= 0.6 is 12.4 Å². The van der Waals surface area contributed by atoms with Crippen LogP contribution in [0.1, 0.15) is 46.5 Å².